The molecule has 1 aromatic heterocycles. The highest BCUT2D eigenvalue weighted by molar-refractivity contribution is 5.58. The number of aromatic nitrogens is 2. The van der Waals surface area contributed by atoms with E-state index in [0.29, 0.717) is 11.6 Å². The molecule has 3 N–H and O–H groups in total. The number of benzene rings is 1. The van der Waals surface area contributed by atoms with Crippen LogP contribution in [0.4, 0.5) is 30.6 Å². The molecule has 0 radical (unpaired) electrons. The highest BCUT2D eigenvalue weighted by Crippen LogP contribution is 2.38. The molecule has 196 valence electrons. The van der Waals surface area contributed by atoms with E-state index in [9.17, 15) is 18.3 Å². The van der Waals surface area contributed by atoms with E-state index in [4.69, 9.17) is 4.98 Å². The van der Waals surface area contributed by atoms with Crippen LogP contribution >= 0.6 is 0 Å². The summed E-state index contributed by atoms with van der Waals surface area (Å²) in [6.45, 7) is 4.46. The summed E-state index contributed by atoms with van der Waals surface area (Å²) < 4.78 is 39.5. The minimum absolute atomic E-state index is 0.208. The number of hydrogen-bond donors (Lipinski definition) is 3. The summed E-state index contributed by atoms with van der Waals surface area (Å²) in [4.78, 5) is 11.9. The van der Waals surface area contributed by atoms with Crippen molar-refractivity contribution in [3.05, 3.63) is 41.6 Å². The maximum atomic E-state index is 13.2. The van der Waals surface area contributed by atoms with E-state index in [1.165, 1.54) is 18.9 Å². The Hall–Kier alpha value is -2.39. The van der Waals surface area contributed by atoms with Gasteiger partial charge in [0.25, 0.3) is 0 Å². The molecule has 2 aliphatic carbocycles. The molecule has 1 aliphatic heterocycles. The number of likely N-dealkylation sites (tertiary alicyclic amines) is 1. The summed E-state index contributed by atoms with van der Waals surface area (Å²) in [5.41, 5.74) is 0.667. The molecule has 3 aliphatic rings. The molecule has 0 unspecified atom stereocenters. The molecule has 36 heavy (non-hydrogen) atoms. The molecule has 9 heteroatoms. The van der Waals surface area contributed by atoms with Crippen molar-refractivity contribution >= 4 is 17.5 Å². The second kappa shape index (κ2) is 10.5. The smallest absolute Gasteiger partial charge is 0.393 e. The van der Waals surface area contributed by atoms with Crippen LogP contribution in [-0.4, -0.2) is 51.3 Å². The second-order valence-corrected chi connectivity index (χ2v) is 10.9. The third-order valence-electron chi connectivity index (χ3n) is 8.14. The number of halogens is 3. The van der Waals surface area contributed by atoms with Crippen LogP contribution in [0.1, 0.15) is 75.3 Å². The van der Waals surface area contributed by atoms with E-state index in [1.54, 1.807) is 6.07 Å². The van der Waals surface area contributed by atoms with Gasteiger partial charge in [0.1, 0.15) is 5.82 Å². The quantitative estimate of drug-likeness (QED) is 0.454. The summed E-state index contributed by atoms with van der Waals surface area (Å²) in [6.07, 6.45) is 5.11. The van der Waals surface area contributed by atoms with E-state index in [2.05, 4.69) is 27.4 Å². The molecule has 0 atom stereocenters. The Morgan fingerprint density at radius 3 is 2.42 bits per heavy atom. The minimum Gasteiger partial charge on any atom is -0.393 e. The molecule has 2 heterocycles. The minimum atomic E-state index is -4.41. The van der Waals surface area contributed by atoms with Gasteiger partial charge >= 0.3 is 6.18 Å². The van der Waals surface area contributed by atoms with Gasteiger partial charge < -0.3 is 20.6 Å². The molecular formula is C27H36F3N5O. The molecule has 1 aromatic carbocycles. The summed E-state index contributed by atoms with van der Waals surface area (Å²) in [5, 5.41) is 16.5. The lowest BCUT2D eigenvalue weighted by Gasteiger charge is -2.45. The molecule has 3 fully saturated rings. The predicted octanol–water partition coefficient (Wildman–Crippen LogP) is 5.93. The van der Waals surface area contributed by atoms with Crippen molar-refractivity contribution in [2.24, 2.45) is 5.92 Å². The Bertz CT molecular complexity index is 1030. The van der Waals surface area contributed by atoms with Crippen molar-refractivity contribution in [2.75, 3.05) is 23.7 Å². The maximum absolute atomic E-state index is 13.2. The van der Waals surface area contributed by atoms with Crippen LogP contribution in [0.15, 0.2) is 30.5 Å². The highest BCUT2D eigenvalue weighted by atomic mass is 19.4. The lowest BCUT2D eigenvalue weighted by molar-refractivity contribution is -0.137. The Kier molecular flexibility index (Phi) is 7.40. The Morgan fingerprint density at radius 1 is 1.03 bits per heavy atom. The van der Waals surface area contributed by atoms with Crippen molar-refractivity contribution in [2.45, 2.75) is 88.6 Å². The van der Waals surface area contributed by atoms with Gasteiger partial charge in [0.05, 0.1) is 11.7 Å². The third-order valence-corrected chi connectivity index (χ3v) is 8.14. The second-order valence-electron chi connectivity index (χ2n) is 10.9. The Morgan fingerprint density at radius 2 is 1.75 bits per heavy atom. The molecule has 2 saturated carbocycles. The van der Waals surface area contributed by atoms with E-state index >= 15 is 0 Å². The van der Waals surface area contributed by atoms with Crippen molar-refractivity contribution in [1.82, 2.24) is 14.9 Å². The van der Waals surface area contributed by atoms with E-state index in [1.807, 2.05) is 6.20 Å². The zero-order valence-corrected chi connectivity index (χ0v) is 20.8. The molecule has 1 saturated heterocycles. The third kappa shape index (κ3) is 5.94. The molecule has 5 rings (SSSR count). The molecule has 6 nitrogen and oxygen atoms in total. The van der Waals surface area contributed by atoms with E-state index < -0.39 is 11.7 Å². The van der Waals surface area contributed by atoms with Crippen LogP contribution < -0.4 is 10.6 Å². The Labute approximate surface area is 210 Å². The number of aliphatic hydroxyl groups is 1. The first kappa shape index (κ1) is 25.3. The Balaban J connectivity index is 1.33. The molecule has 2 aromatic rings. The average Bonchev–Trinajstić information content (AvgIpc) is 2.84. The summed E-state index contributed by atoms with van der Waals surface area (Å²) >= 11 is 0. The molecular weight excluding hydrogens is 467 g/mol. The lowest BCUT2D eigenvalue weighted by Crippen LogP contribution is -2.47. The van der Waals surface area contributed by atoms with Gasteiger partial charge in [-0.15, -0.1) is 0 Å². The standard InChI is InChI=1S/C27H36F3N5O/c1-17-13-22(14-17)35-11-9-18(10-12-35)24-16-31-26(33-21-4-2-3-19(15-21)27(28,29)30)34-25(24)32-20-5-7-23(36)8-6-20/h2-4,15-18,20,22-23,36H,5-14H2,1H3,(H2,31,32,33,34)/t17?,20-,22?,23-. The number of piperidine rings is 1. The number of alkyl halides is 3. The monoisotopic (exact) mass is 503 g/mol. The van der Waals surface area contributed by atoms with Gasteiger partial charge in [0, 0.05) is 29.5 Å². The highest BCUT2D eigenvalue weighted by Gasteiger charge is 2.34. The maximum Gasteiger partial charge on any atom is 0.416 e. The van der Waals surface area contributed by atoms with Crippen molar-refractivity contribution in [3.63, 3.8) is 0 Å². The normalized spacial score (nSPS) is 27.9. The van der Waals surface area contributed by atoms with E-state index in [-0.39, 0.29) is 18.1 Å². The summed E-state index contributed by atoms with van der Waals surface area (Å²) in [5.74, 6) is 2.22. The van der Waals surface area contributed by atoms with Crippen LogP contribution in [0, 0.1) is 5.92 Å². The number of hydrogen-bond acceptors (Lipinski definition) is 6. The van der Waals surface area contributed by atoms with Crippen molar-refractivity contribution in [3.8, 4) is 0 Å². The molecule has 0 bridgehead atoms. The van der Waals surface area contributed by atoms with Gasteiger partial charge in [-0.1, -0.05) is 13.0 Å². The zero-order valence-electron chi connectivity index (χ0n) is 20.8. The topological polar surface area (TPSA) is 73.3 Å². The van der Waals surface area contributed by atoms with Gasteiger partial charge in [-0.3, -0.25) is 0 Å². The molecule has 0 spiro atoms. The van der Waals surface area contributed by atoms with E-state index in [0.717, 1.165) is 87.1 Å². The van der Waals surface area contributed by atoms with Gasteiger partial charge in [-0.25, -0.2) is 4.98 Å². The van der Waals surface area contributed by atoms with Crippen LogP contribution in [0.2, 0.25) is 0 Å². The predicted molar refractivity (Wildman–Crippen MR) is 134 cm³/mol. The number of rotatable bonds is 6. The summed E-state index contributed by atoms with van der Waals surface area (Å²) in [7, 11) is 0. The SMILES string of the molecule is CC1CC(N2CCC(c3cnc(Nc4cccc(C(F)(F)F)c4)nc3N[C@H]3CC[C@H](O)CC3)CC2)C1. The van der Waals surface area contributed by atoms with Crippen LogP contribution in [0.5, 0.6) is 0 Å². The average molecular weight is 504 g/mol. The first-order valence-electron chi connectivity index (χ1n) is 13.2. The fraction of sp³-hybridized carbons (Fsp3) is 0.630. The van der Waals surface area contributed by atoms with Crippen molar-refractivity contribution < 1.29 is 18.3 Å². The largest absolute Gasteiger partial charge is 0.416 e. The molecule has 0 amide bonds. The number of nitrogens with one attached hydrogen (secondary N) is 2. The number of anilines is 3. The fourth-order valence-electron chi connectivity index (χ4n) is 5.92. The number of aliphatic hydroxyl groups excluding tert-OH is 1. The van der Waals surface area contributed by atoms with Crippen LogP contribution in [-0.2, 0) is 6.18 Å². The summed E-state index contributed by atoms with van der Waals surface area (Å²) in [6, 6.07) is 6.02. The van der Waals surface area contributed by atoms with Crippen LogP contribution in [0.3, 0.4) is 0 Å². The van der Waals surface area contributed by atoms with Gasteiger partial charge in [0.2, 0.25) is 5.95 Å². The van der Waals surface area contributed by atoms with Gasteiger partial charge in [-0.2, -0.15) is 18.2 Å². The number of nitrogens with zero attached hydrogens (tertiary/aromatic N) is 3. The van der Waals surface area contributed by atoms with Gasteiger partial charge in [-0.05, 0) is 94.5 Å². The fourth-order valence-corrected chi connectivity index (χ4v) is 5.92. The van der Waals surface area contributed by atoms with Gasteiger partial charge in [0.15, 0.2) is 0 Å². The lowest BCUT2D eigenvalue weighted by atomic mass is 9.79. The first-order chi connectivity index (χ1) is 17.2. The van der Waals surface area contributed by atoms with Crippen LogP contribution in [0.25, 0.3) is 0 Å². The van der Waals surface area contributed by atoms with Crippen molar-refractivity contribution in [1.29, 1.82) is 0 Å². The first-order valence-corrected chi connectivity index (χ1v) is 13.2. The zero-order chi connectivity index (χ0) is 25.3.